The highest BCUT2D eigenvalue weighted by Crippen LogP contribution is 2.31. The van der Waals surface area contributed by atoms with E-state index in [9.17, 15) is 10.2 Å². The van der Waals surface area contributed by atoms with Crippen LogP contribution in [-0.2, 0) is 0 Å². The minimum Gasteiger partial charge on any atom is -0.504 e. The lowest BCUT2D eigenvalue weighted by atomic mass is 9.81. The van der Waals surface area contributed by atoms with Gasteiger partial charge in [-0.15, -0.1) is 0 Å². The predicted octanol–water partition coefficient (Wildman–Crippen LogP) is 2.96. The van der Waals surface area contributed by atoms with E-state index in [1.165, 1.54) is 32.1 Å². The van der Waals surface area contributed by atoms with Crippen LogP contribution in [-0.4, -0.2) is 23.4 Å². The maximum Gasteiger partial charge on any atom is 0.160 e. The second-order valence-corrected chi connectivity index (χ2v) is 5.12. The van der Waals surface area contributed by atoms with Crippen LogP contribution in [0.4, 0.5) is 0 Å². The second kappa shape index (κ2) is 6.64. The van der Waals surface area contributed by atoms with Gasteiger partial charge in [-0.05, 0) is 30.9 Å². The first-order chi connectivity index (χ1) is 8.81. The van der Waals surface area contributed by atoms with Gasteiger partial charge >= 0.3 is 0 Å². The van der Waals surface area contributed by atoms with E-state index in [4.69, 9.17) is 4.74 Å². The van der Waals surface area contributed by atoms with Crippen molar-refractivity contribution >= 4 is 0 Å². The van der Waals surface area contributed by atoms with E-state index in [0.29, 0.717) is 18.3 Å². The first kappa shape index (κ1) is 13.2. The quantitative estimate of drug-likeness (QED) is 0.844. The van der Waals surface area contributed by atoms with E-state index in [2.05, 4.69) is 0 Å². The third kappa shape index (κ3) is 3.39. The van der Waals surface area contributed by atoms with E-state index in [1.807, 2.05) is 6.07 Å². The Balaban J connectivity index is 1.88. The van der Waals surface area contributed by atoms with Crippen LogP contribution in [0.3, 0.4) is 0 Å². The standard InChI is InChI=1S/C15H22O3/c16-10-13(12-6-2-1-3-7-12)11-18-15-9-5-4-8-14(15)17/h4-5,8-9,12-13,16-17H,1-3,6-7,10-11H2. The molecule has 3 heteroatoms. The van der Waals surface area contributed by atoms with Crippen LogP contribution < -0.4 is 4.74 Å². The fourth-order valence-electron chi connectivity index (χ4n) is 2.72. The normalized spacial score (nSPS) is 18.5. The molecule has 100 valence electrons. The number of hydrogen-bond acceptors (Lipinski definition) is 3. The molecular formula is C15H22O3. The lowest BCUT2D eigenvalue weighted by Gasteiger charge is -2.28. The summed E-state index contributed by atoms with van der Waals surface area (Å²) in [6, 6.07) is 6.98. The van der Waals surface area contributed by atoms with E-state index >= 15 is 0 Å². The molecule has 2 rings (SSSR count). The number of ether oxygens (including phenoxy) is 1. The molecule has 1 aromatic rings. The highest BCUT2D eigenvalue weighted by atomic mass is 16.5. The van der Waals surface area contributed by atoms with E-state index in [-0.39, 0.29) is 18.3 Å². The Morgan fingerprint density at radius 2 is 1.89 bits per heavy atom. The van der Waals surface area contributed by atoms with Crippen molar-refractivity contribution in [2.24, 2.45) is 11.8 Å². The number of phenols is 1. The van der Waals surface area contributed by atoms with Gasteiger partial charge in [0.2, 0.25) is 0 Å². The SMILES string of the molecule is OCC(COc1ccccc1O)C1CCCCC1. The molecule has 1 aliphatic rings. The van der Waals surface area contributed by atoms with Gasteiger partial charge in [-0.3, -0.25) is 0 Å². The van der Waals surface area contributed by atoms with Crippen molar-refractivity contribution in [2.45, 2.75) is 32.1 Å². The van der Waals surface area contributed by atoms with Gasteiger partial charge in [0, 0.05) is 12.5 Å². The molecule has 1 saturated carbocycles. The zero-order valence-corrected chi connectivity index (χ0v) is 10.7. The minimum atomic E-state index is 0.165. The van der Waals surface area contributed by atoms with E-state index in [1.54, 1.807) is 18.2 Å². The van der Waals surface area contributed by atoms with Crippen molar-refractivity contribution in [2.75, 3.05) is 13.2 Å². The van der Waals surface area contributed by atoms with Gasteiger partial charge in [0.1, 0.15) is 0 Å². The third-order valence-electron chi connectivity index (χ3n) is 3.87. The summed E-state index contributed by atoms with van der Waals surface area (Å²) in [6.07, 6.45) is 6.22. The van der Waals surface area contributed by atoms with Crippen LogP contribution >= 0.6 is 0 Å². The number of benzene rings is 1. The van der Waals surface area contributed by atoms with Crippen LogP contribution in [0, 0.1) is 11.8 Å². The maximum atomic E-state index is 9.62. The monoisotopic (exact) mass is 250 g/mol. The van der Waals surface area contributed by atoms with E-state index in [0.717, 1.165) is 0 Å². The molecule has 0 aliphatic heterocycles. The number of aliphatic hydroxyl groups excluding tert-OH is 1. The Labute approximate surface area is 108 Å². The molecule has 3 nitrogen and oxygen atoms in total. The average molecular weight is 250 g/mol. The molecule has 0 saturated heterocycles. The van der Waals surface area contributed by atoms with Gasteiger partial charge in [-0.1, -0.05) is 31.4 Å². The Morgan fingerprint density at radius 1 is 1.17 bits per heavy atom. The van der Waals surface area contributed by atoms with Crippen molar-refractivity contribution in [3.63, 3.8) is 0 Å². The van der Waals surface area contributed by atoms with Crippen molar-refractivity contribution < 1.29 is 14.9 Å². The fraction of sp³-hybridized carbons (Fsp3) is 0.600. The summed E-state index contributed by atoms with van der Waals surface area (Å²) in [5.74, 6) is 1.42. The first-order valence-electron chi connectivity index (χ1n) is 6.83. The molecule has 1 unspecified atom stereocenters. The van der Waals surface area contributed by atoms with Gasteiger partial charge in [0.25, 0.3) is 0 Å². The molecule has 18 heavy (non-hydrogen) atoms. The summed E-state index contributed by atoms with van der Waals surface area (Å²) < 4.78 is 5.63. The van der Waals surface area contributed by atoms with Crippen molar-refractivity contribution in [3.8, 4) is 11.5 Å². The fourth-order valence-corrected chi connectivity index (χ4v) is 2.72. The summed E-state index contributed by atoms with van der Waals surface area (Å²) >= 11 is 0. The predicted molar refractivity (Wildman–Crippen MR) is 70.8 cm³/mol. The van der Waals surface area contributed by atoms with Gasteiger partial charge < -0.3 is 14.9 Å². The Bertz CT molecular complexity index is 359. The zero-order valence-electron chi connectivity index (χ0n) is 10.7. The molecule has 0 amide bonds. The Hall–Kier alpha value is -1.22. The first-order valence-corrected chi connectivity index (χ1v) is 6.83. The summed E-state index contributed by atoms with van der Waals surface area (Å²) in [4.78, 5) is 0. The lowest BCUT2D eigenvalue weighted by Crippen LogP contribution is -2.26. The van der Waals surface area contributed by atoms with Gasteiger partial charge in [-0.2, -0.15) is 0 Å². The molecule has 0 heterocycles. The largest absolute Gasteiger partial charge is 0.504 e. The van der Waals surface area contributed by atoms with Crippen LogP contribution in [0.25, 0.3) is 0 Å². The van der Waals surface area contributed by atoms with Crippen LogP contribution in [0.2, 0.25) is 0 Å². The van der Waals surface area contributed by atoms with Gasteiger partial charge in [-0.25, -0.2) is 0 Å². The summed E-state index contributed by atoms with van der Waals surface area (Å²) in [5, 5.41) is 19.1. The van der Waals surface area contributed by atoms with Crippen LogP contribution in [0.15, 0.2) is 24.3 Å². The molecule has 2 N–H and O–H groups in total. The average Bonchev–Trinajstić information content (AvgIpc) is 2.42. The number of hydrogen-bond donors (Lipinski definition) is 2. The molecule has 1 aromatic carbocycles. The van der Waals surface area contributed by atoms with Crippen LogP contribution in [0.5, 0.6) is 11.5 Å². The molecule has 1 atom stereocenters. The zero-order chi connectivity index (χ0) is 12.8. The number of para-hydroxylation sites is 2. The molecule has 0 aromatic heterocycles. The molecule has 1 aliphatic carbocycles. The molecule has 0 bridgehead atoms. The molecular weight excluding hydrogens is 228 g/mol. The van der Waals surface area contributed by atoms with Crippen molar-refractivity contribution in [3.05, 3.63) is 24.3 Å². The van der Waals surface area contributed by atoms with Crippen LogP contribution in [0.1, 0.15) is 32.1 Å². The summed E-state index contributed by atoms with van der Waals surface area (Å²) in [7, 11) is 0. The number of phenolic OH excluding ortho intramolecular Hbond substituents is 1. The Morgan fingerprint density at radius 3 is 2.56 bits per heavy atom. The van der Waals surface area contributed by atoms with Crippen molar-refractivity contribution in [1.29, 1.82) is 0 Å². The summed E-state index contributed by atoms with van der Waals surface area (Å²) in [5.41, 5.74) is 0. The highest BCUT2D eigenvalue weighted by molar-refractivity contribution is 5.37. The highest BCUT2D eigenvalue weighted by Gasteiger charge is 2.23. The smallest absolute Gasteiger partial charge is 0.160 e. The molecule has 0 spiro atoms. The number of rotatable bonds is 5. The lowest BCUT2D eigenvalue weighted by molar-refractivity contribution is 0.0970. The van der Waals surface area contributed by atoms with Gasteiger partial charge in [0.05, 0.1) is 6.61 Å². The van der Waals surface area contributed by atoms with Crippen molar-refractivity contribution in [1.82, 2.24) is 0 Å². The molecule has 1 fully saturated rings. The summed E-state index contributed by atoms with van der Waals surface area (Å²) in [6.45, 7) is 0.650. The topological polar surface area (TPSA) is 49.7 Å². The number of aromatic hydroxyl groups is 1. The van der Waals surface area contributed by atoms with E-state index < -0.39 is 0 Å². The minimum absolute atomic E-state index is 0.165. The molecule has 0 radical (unpaired) electrons. The number of aliphatic hydroxyl groups is 1. The Kier molecular flexibility index (Phi) is 4.88. The van der Waals surface area contributed by atoms with Gasteiger partial charge in [0.15, 0.2) is 11.5 Å². The third-order valence-corrected chi connectivity index (χ3v) is 3.87. The second-order valence-electron chi connectivity index (χ2n) is 5.12. The maximum absolute atomic E-state index is 9.62.